The molecular weight excluding hydrogens is 1380 g/mol. The summed E-state index contributed by atoms with van der Waals surface area (Å²) in [5.41, 5.74) is 0. The molecule has 12 N–H and O–H groups in total. The molecule has 19 nitrogen and oxygen atoms in total. The van der Waals surface area contributed by atoms with Gasteiger partial charge in [0.15, 0.2) is 18.9 Å². The van der Waals surface area contributed by atoms with Crippen LogP contribution in [0.5, 0.6) is 0 Å². The molecule has 0 radical (unpaired) electrons. The Morgan fingerprint density at radius 2 is 0.606 bits per heavy atom. The molecule has 109 heavy (non-hydrogen) atoms. The summed E-state index contributed by atoms with van der Waals surface area (Å²) >= 11 is 0. The van der Waals surface area contributed by atoms with Crippen molar-refractivity contribution in [2.24, 2.45) is 0 Å². The van der Waals surface area contributed by atoms with Gasteiger partial charge in [0.2, 0.25) is 5.91 Å². The molecule has 0 aromatic rings. The van der Waals surface area contributed by atoms with E-state index >= 15 is 0 Å². The first-order valence-electron chi connectivity index (χ1n) is 45.4. The van der Waals surface area contributed by atoms with E-state index in [2.05, 4.69) is 55.6 Å². The van der Waals surface area contributed by atoms with Gasteiger partial charge in [-0.1, -0.05) is 371 Å². The zero-order valence-corrected chi connectivity index (χ0v) is 69.1. The van der Waals surface area contributed by atoms with Gasteiger partial charge in [-0.25, -0.2) is 0 Å². The molecule has 0 bridgehead atoms. The van der Waals surface area contributed by atoms with E-state index in [4.69, 9.17) is 28.4 Å². The van der Waals surface area contributed by atoms with Crippen LogP contribution in [0, 0.1) is 0 Å². The maximum Gasteiger partial charge on any atom is 0.220 e. The van der Waals surface area contributed by atoms with Crippen LogP contribution in [0.1, 0.15) is 386 Å². The Balaban J connectivity index is 1.29. The summed E-state index contributed by atoms with van der Waals surface area (Å²) in [6.07, 6.45) is 64.1. The lowest BCUT2D eigenvalue weighted by molar-refractivity contribution is -0.379. The molecule has 3 saturated heterocycles. The highest BCUT2D eigenvalue weighted by atomic mass is 16.8. The standard InChI is InChI=1S/C90H167NO18/c1-3-5-7-9-11-13-15-17-19-21-23-25-27-28-29-30-31-32-33-34-35-36-37-38-39-40-41-42-43-44-46-48-50-52-54-56-58-60-62-64-66-68-78(96)91-73(74(95)67-65-63-61-59-57-55-53-51-49-47-45-26-24-22-20-18-16-14-12-10-8-6-4-2)72-104-88-84(102)81(99)86(76(70-93)106-88)109-90-85(103)82(100)87(77(71-94)107-90)108-89-83(101)80(98)79(97)75(69-92)105-89/h15,17,21,23,27-28,65,67,73-77,79-90,92-95,97-103H,3-14,16,18-20,22,24-26,29-64,66,68-72H2,1-2H3,(H,91,96)/b17-15-,23-21-,28-27-,67-65+. The molecule has 0 aromatic heterocycles. The van der Waals surface area contributed by atoms with Crippen LogP contribution >= 0.6 is 0 Å². The number of allylic oxidation sites excluding steroid dienone is 7. The van der Waals surface area contributed by atoms with E-state index in [-0.39, 0.29) is 18.9 Å². The van der Waals surface area contributed by atoms with Crippen molar-refractivity contribution < 1.29 is 89.4 Å². The molecule has 0 saturated carbocycles. The Labute approximate surface area is 663 Å². The van der Waals surface area contributed by atoms with Crippen molar-refractivity contribution in [1.82, 2.24) is 5.32 Å². The summed E-state index contributed by atoms with van der Waals surface area (Å²) in [5, 5.41) is 121. The largest absolute Gasteiger partial charge is 0.394 e. The number of rotatable bonds is 74. The van der Waals surface area contributed by atoms with Crippen LogP contribution in [0.3, 0.4) is 0 Å². The van der Waals surface area contributed by atoms with Crippen LogP contribution in [-0.4, -0.2) is 193 Å². The molecule has 0 spiro atoms. The molecule has 640 valence electrons. The van der Waals surface area contributed by atoms with Crippen molar-refractivity contribution in [1.29, 1.82) is 0 Å². The molecule has 3 aliphatic rings. The van der Waals surface area contributed by atoms with E-state index in [0.717, 1.165) is 57.8 Å². The summed E-state index contributed by atoms with van der Waals surface area (Å²) < 4.78 is 34.5. The van der Waals surface area contributed by atoms with Crippen molar-refractivity contribution in [3.8, 4) is 0 Å². The molecule has 3 fully saturated rings. The Hall–Kier alpha value is -2.25. The highest BCUT2D eigenvalue weighted by molar-refractivity contribution is 5.76. The first-order valence-corrected chi connectivity index (χ1v) is 45.4. The third-order valence-corrected chi connectivity index (χ3v) is 22.6. The predicted molar refractivity (Wildman–Crippen MR) is 439 cm³/mol. The van der Waals surface area contributed by atoms with Crippen LogP contribution < -0.4 is 5.32 Å². The Kier molecular flexibility index (Phi) is 64.8. The van der Waals surface area contributed by atoms with Crippen molar-refractivity contribution in [3.63, 3.8) is 0 Å². The van der Waals surface area contributed by atoms with Crippen LogP contribution in [0.2, 0.25) is 0 Å². The van der Waals surface area contributed by atoms with E-state index < -0.39 is 124 Å². The minimum absolute atomic E-state index is 0.248. The van der Waals surface area contributed by atoms with E-state index in [1.165, 1.54) is 302 Å². The molecule has 1 amide bonds. The third kappa shape index (κ3) is 48.8. The van der Waals surface area contributed by atoms with Crippen molar-refractivity contribution in [2.45, 2.75) is 491 Å². The highest BCUT2D eigenvalue weighted by Gasteiger charge is 2.54. The lowest BCUT2D eigenvalue weighted by Gasteiger charge is -2.48. The molecule has 19 heteroatoms. The van der Waals surface area contributed by atoms with Gasteiger partial charge in [0.1, 0.15) is 73.2 Å². The summed E-state index contributed by atoms with van der Waals surface area (Å²) in [4.78, 5) is 13.5. The summed E-state index contributed by atoms with van der Waals surface area (Å²) in [6.45, 7) is 1.78. The third-order valence-electron chi connectivity index (χ3n) is 22.6. The van der Waals surface area contributed by atoms with Gasteiger partial charge in [0.25, 0.3) is 0 Å². The second kappa shape index (κ2) is 70.0. The van der Waals surface area contributed by atoms with Gasteiger partial charge in [0, 0.05) is 6.42 Å². The van der Waals surface area contributed by atoms with Crippen LogP contribution in [0.25, 0.3) is 0 Å². The molecule has 0 aliphatic carbocycles. The minimum Gasteiger partial charge on any atom is -0.394 e. The molecule has 17 unspecified atom stereocenters. The average Bonchev–Trinajstić information content (AvgIpc) is 0.760. The minimum atomic E-state index is -1.98. The van der Waals surface area contributed by atoms with Gasteiger partial charge in [-0.05, 0) is 57.8 Å². The topological polar surface area (TPSA) is 307 Å². The molecule has 3 rings (SSSR count). The smallest absolute Gasteiger partial charge is 0.220 e. The number of unbranched alkanes of at least 4 members (excludes halogenated alkanes) is 52. The molecule has 3 aliphatic heterocycles. The van der Waals surface area contributed by atoms with Crippen LogP contribution in [-0.2, 0) is 33.2 Å². The highest BCUT2D eigenvalue weighted by Crippen LogP contribution is 2.34. The van der Waals surface area contributed by atoms with Gasteiger partial charge in [-0.3, -0.25) is 4.79 Å². The van der Waals surface area contributed by atoms with E-state index in [1.54, 1.807) is 6.08 Å². The average molecular weight is 1550 g/mol. The summed E-state index contributed by atoms with van der Waals surface area (Å²) in [5.74, 6) is -0.267. The van der Waals surface area contributed by atoms with Gasteiger partial charge in [0.05, 0.1) is 38.6 Å². The Morgan fingerprint density at radius 3 is 0.945 bits per heavy atom. The fraction of sp³-hybridized carbons (Fsp3) is 0.900. The zero-order chi connectivity index (χ0) is 78.8. The second-order valence-electron chi connectivity index (χ2n) is 32.4. The van der Waals surface area contributed by atoms with Crippen molar-refractivity contribution in [2.75, 3.05) is 26.4 Å². The zero-order valence-electron chi connectivity index (χ0n) is 69.1. The van der Waals surface area contributed by atoms with Gasteiger partial charge in [-0.15, -0.1) is 0 Å². The van der Waals surface area contributed by atoms with Crippen molar-refractivity contribution in [3.05, 3.63) is 48.6 Å². The number of hydrogen-bond acceptors (Lipinski definition) is 18. The van der Waals surface area contributed by atoms with Crippen molar-refractivity contribution >= 4 is 5.91 Å². The lowest BCUT2D eigenvalue weighted by atomic mass is 9.96. The van der Waals surface area contributed by atoms with Gasteiger partial charge < -0.3 is 89.9 Å². The monoisotopic (exact) mass is 1550 g/mol. The maximum atomic E-state index is 13.5. The SMILES string of the molecule is CCCCCCC/C=C\C/C=C\C/C=C\CCCCCCCCCCCCCCCCCCCCCCCCCCCCC(=O)NC(COC1OC(CO)C(OC2OC(CO)C(OC3OC(CO)C(O)C(O)C3O)C(O)C2O)C(O)C1O)C(O)/C=C/CCCCCCCCCCCCCCCCCCCCCCC. The predicted octanol–water partition coefficient (Wildman–Crippen LogP) is 17.2. The number of hydrogen-bond donors (Lipinski definition) is 12. The first-order chi connectivity index (χ1) is 53.3. The Bertz CT molecular complexity index is 2150. The van der Waals surface area contributed by atoms with E-state index in [9.17, 15) is 61.0 Å². The van der Waals surface area contributed by atoms with Gasteiger partial charge >= 0.3 is 0 Å². The number of carbonyl (C=O) groups excluding carboxylic acids is 1. The number of nitrogens with one attached hydrogen (secondary N) is 1. The first kappa shape index (κ1) is 101. The van der Waals surface area contributed by atoms with E-state index in [1.807, 2.05) is 6.08 Å². The maximum absolute atomic E-state index is 13.5. The number of aliphatic hydroxyl groups is 11. The van der Waals surface area contributed by atoms with Crippen LogP contribution in [0.15, 0.2) is 48.6 Å². The number of carbonyl (C=O) groups is 1. The lowest BCUT2D eigenvalue weighted by Crippen LogP contribution is -2.66. The van der Waals surface area contributed by atoms with Gasteiger partial charge in [-0.2, -0.15) is 0 Å². The number of amides is 1. The van der Waals surface area contributed by atoms with Crippen LogP contribution in [0.4, 0.5) is 0 Å². The fourth-order valence-electron chi connectivity index (χ4n) is 15.4. The fourth-order valence-corrected chi connectivity index (χ4v) is 15.4. The molecule has 3 heterocycles. The van der Waals surface area contributed by atoms with E-state index in [0.29, 0.717) is 6.42 Å². The molecular formula is C90H167NO18. The number of aliphatic hydroxyl groups excluding tert-OH is 11. The normalized spacial score (nSPS) is 25.5. The Morgan fingerprint density at radius 1 is 0.330 bits per heavy atom. The molecule has 17 atom stereocenters. The summed E-state index contributed by atoms with van der Waals surface area (Å²) in [7, 11) is 0. The number of ether oxygens (including phenoxy) is 6. The summed E-state index contributed by atoms with van der Waals surface area (Å²) in [6, 6.07) is -0.973. The quantitative estimate of drug-likeness (QED) is 0.0199. The second-order valence-corrected chi connectivity index (χ2v) is 32.4. The molecule has 0 aromatic carbocycles.